The Balaban J connectivity index is 2.95. The highest BCUT2D eigenvalue weighted by molar-refractivity contribution is 7.85. The average molecular weight is 139 g/mol. The second-order valence-corrected chi connectivity index (χ2v) is 2.16. The van der Waals surface area contributed by atoms with E-state index in [1.54, 1.807) is 0 Å². The zero-order valence-electron chi connectivity index (χ0n) is 4.59. The monoisotopic (exact) mass is 139 g/mol. The lowest BCUT2D eigenvalue weighted by Gasteiger charge is -1.99. The van der Waals surface area contributed by atoms with Gasteiger partial charge in [-0.3, -0.25) is 10.2 Å². The molecule has 0 saturated heterocycles. The SMILES string of the molecule is N=C1C=CC(=O)C=C1S. The van der Waals surface area contributed by atoms with Crippen LogP contribution >= 0.6 is 12.6 Å². The minimum atomic E-state index is -0.101. The molecule has 0 spiro atoms. The Morgan fingerprint density at radius 2 is 2.11 bits per heavy atom. The molecule has 0 bridgehead atoms. The van der Waals surface area contributed by atoms with Crippen LogP contribution in [0.5, 0.6) is 0 Å². The molecule has 9 heavy (non-hydrogen) atoms. The van der Waals surface area contributed by atoms with Crippen molar-refractivity contribution < 1.29 is 4.79 Å². The van der Waals surface area contributed by atoms with Crippen molar-refractivity contribution in [1.82, 2.24) is 0 Å². The Labute approximate surface area is 58.2 Å². The summed E-state index contributed by atoms with van der Waals surface area (Å²) in [5, 5.41) is 7.10. The molecule has 0 atom stereocenters. The molecule has 0 amide bonds. The lowest BCUT2D eigenvalue weighted by molar-refractivity contribution is -0.110. The number of carbonyl (C=O) groups is 1. The standard InChI is InChI=1S/C6H5NOS/c7-5-2-1-4(8)3-6(5)9/h1-3,7,9H. The number of rotatable bonds is 0. The van der Waals surface area contributed by atoms with Gasteiger partial charge in [-0.2, -0.15) is 0 Å². The van der Waals surface area contributed by atoms with Gasteiger partial charge < -0.3 is 0 Å². The molecular formula is C6H5NOS. The molecule has 1 aliphatic rings. The number of ketones is 1. The number of carbonyl (C=O) groups excluding carboxylic acids is 1. The number of allylic oxidation sites excluding steroid dienone is 4. The number of nitrogens with one attached hydrogen (secondary N) is 1. The zero-order valence-corrected chi connectivity index (χ0v) is 5.48. The van der Waals surface area contributed by atoms with E-state index < -0.39 is 0 Å². The fourth-order valence-corrected chi connectivity index (χ4v) is 0.713. The van der Waals surface area contributed by atoms with Gasteiger partial charge in [0, 0.05) is 11.0 Å². The van der Waals surface area contributed by atoms with Gasteiger partial charge in [0.15, 0.2) is 5.78 Å². The minimum Gasteiger partial charge on any atom is -0.300 e. The third kappa shape index (κ3) is 1.29. The highest BCUT2D eigenvalue weighted by atomic mass is 32.1. The normalized spacial score (nSPS) is 18.1. The number of hydrogen-bond donors (Lipinski definition) is 2. The third-order valence-electron chi connectivity index (χ3n) is 0.969. The Morgan fingerprint density at radius 1 is 1.44 bits per heavy atom. The van der Waals surface area contributed by atoms with Gasteiger partial charge in [0.1, 0.15) is 0 Å². The van der Waals surface area contributed by atoms with Gasteiger partial charge >= 0.3 is 0 Å². The van der Waals surface area contributed by atoms with Crippen molar-refractivity contribution in [2.75, 3.05) is 0 Å². The van der Waals surface area contributed by atoms with E-state index in [9.17, 15) is 4.79 Å². The topological polar surface area (TPSA) is 40.9 Å². The average Bonchev–Trinajstić information content (AvgIpc) is 1.80. The first-order valence-corrected chi connectivity index (χ1v) is 2.86. The molecule has 0 aliphatic heterocycles. The van der Waals surface area contributed by atoms with E-state index in [0.717, 1.165) is 0 Å². The minimum absolute atomic E-state index is 0.101. The van der Waals surface area contributed by atoms with E-state index in [-0.39, 0.29) is 11.5 Å². The van der Waals surface area contributed by atoms with Crippen LogP contribution in [0.15, 0.2) is 23.1 Å². The third-order valence-corrected chi connectivity index (χ3v) is 1.34. The van der Waals surface area contributed by atoms with E-state index in [0.29, 0.717) is 4.91 Å². The van der Waals surface area contributed by atoms with Crippen molar-refractivity contribution in [1.29, 1.82) is 5.41 Å². The Kier molecular flexibility index (Phi) is 1.53. The maximum Gasteiger partial charge on any atom is 0.179 e. The summed E-state index contributed by atoms with van der Waals surface area (Å²) in [6, 6.07) is 0. The van der Waals surface area contributed by atoms with Crippen LogP contribution in [0.25, 0.3) is 0 Å². The Bertz CT molecular complexity index is 227. The van der Waals surface area contributed by atoms with Crippen molar-refractivity contribution in [3.63, 3.8) is 0 Å². The lowest BCUT2D eigenvalue weighted by atomic mass is 10.2. The Hall–Kier alpha value is -0.830. The van der Waals surface area contributed by atoms with E-state index >= 15 is 0 Å². The molecule has 1 rings (SSSR count). The van der Waals surface area contributed by atoms with Crippen molar-refractivity contribution in [3.8, 4) is 0 Å². The summed E-state index contributed by atoms with van der Waals surface area (Å²) in [6.07, 6.45) is 4.11. The highest BCUT2D eigenvalue weighted by Gasteiger charge is 2.04. The summed E-state index contributed by atoms with van der Waals surface area (Å²) < 4.78 is 0. The van der Waals surface area contributed by atoms with Crippen LogP contribution in [0.2, 0.25) is 0 Å². The largest absolute Gasteiger partial charge is 0.300 e. The van der Waals surface area contributed by atoms with Crippen LogP contribution < -0.4 is 0 Å². The summed E-state index contributed by atoms with van der Waals surface area (Å²) in [6.45, 7) is 0. The number of thiol groups is 1. The van der Waals surface area contributed by atoms with Crippen LogP contribution in [0.3, 0.4) is 0 Å². The Morgan fingerprint density at radius 3 is 2.56 bits per heavy atom. The van der Waals surface area contributed by atoms with Crippen molar-refractivity contribution in [2.24, 2.45) is 0 Å². The maximum atomic E-state index is 10.5. The van der Waals surface area contributed by atoms with E-state index in [1.807, 2.05) is 0 Å². The first-order chi connectivity index (χ1) is 4.20. The van der Waals surface area contributed by atoms with E-state index in [4.69, 9.17) is 5.41 Å². The van der Waals surface area contributed by atoms with E-state index in [1.165, 1.54) is 18.2 Å². The van der Waals surface area contributed by atoms with Crippen LogP contribution in [-0.2, 0) is 4.79 Å². The van der Waals surface area contributed by atoms with Crippen molar-refractivity contribution in [2.45, 2.75) is 0 Å². The molecule has 3 heteroatoms. The van der Waals surface area contributed by atoms with Gasteiger partial charge in [-0.15, -0.1) is 12.6 Å². The molecule has 2 nitrogen and oxygen atoms in total. The summed E-state index contributed by atoms with van der Waals surface area (Å²) in [5.41, 5.74) is 0.290. The summed E-state index contributed by atoms with van der Waals surface area (Å²) in [4.78, 5) is 10.9. The van der Waals surface area contributed by atoms with Gasteiger partial charge in [-0.25, -0.2) is 0 Å². The van der Waals surface area contributed by atoms with Crippen LogP contribution in [0.1, 0.15) is 0 Å². The van der Waals surface area contributed by atoms with Crippen molar-refractivity contribution in [3.05, 3.63) is 23.1 Å². The van der Waals surface area contributed by atoms with E-state index in [2.05, 4.69) is 12.6 Å². The summed E-state index contributed by atoms with van der Waals surface area (Å²) in [7, 11) is 0. The fraction of sp³-hybridized carbons (Fsp3) is 0. The first kappa shape index (κ1) is 6.29. The molecule has 0 aromatic rings. The van der Waals surface area contributed by atoms with Gasteiger partial charge in [0.05, 0.1) is 5.71 Å². The molecule has 0 unspecified atom stereocenters. The quantitative estimate of drug-likeness (QED) is 0.381. The number of hydrogen-bond acceptors (Lipinski definition) is 3. The summed E-state index contributed by atoms with van der Waals surface area (Å²) >= 11 is 3.88. The summed E-state index contributed by atoms with van der Waals surface area (Å²) in [5.74, 6) is -0.101. The molecule has 46 valence electrons. The fourth-order valence-electron chi connectivity index (χ4n) is 0.511. The lowest BCUT2D eigenvalue weighted by Crippen LogP contribution is -2.01. The molecule has 0 aromatic heterocycles. The predicted molar refractivity (Wildman–Crippen MR) is 38.9 cm³/mol. The van der Waals surface area contributed by atoms with Gasteiger partial charge in [0.2, 0.25) is 0 Å². The second-order valence-electron chi connectivity index (χ2n) is 1.68. The molecule has 1 aliphatic carbocycles. The van der Waals surface area contributed by atoms with Crippen LogP contribution in [-0.4, -0.2) is 11.5 Å². The molecule has 0 saturated carbocycles. The maximum absolute atomic E-state index is 10.5. The second kappa shape index (κ2) is 2.19. The molecule has 1 N–H and O–H groups in total. The molecule has 0 radical (unpaired) electrons. The van der Waals surface area contributed by atoms with Crippen LogP contribution in [0, 0.1) is 5.41 Å². The molecular weight excluding hydrogens is 134 g/mol. The predicted octanol–water partition coefficient (Wildman–Crippen LogP) is 0.959. The first-order valence-electron chi connectivity index (χ1n) is 2.42. The zero-order chi connectivity index (χ0) is 6.85. The molecule has 0 heterocycles. The van der Waals surface area contributed by atoms with Gasteiger partial charge in [-0.1, -0.05) is 0 Å². The van der Waals surface area contributed by atoms with Crippen LogP contribution in [0.4, 0.5) is 0 Å². The van der Waals surface area contributed by atoms with Gasteiger partial charge in [0.25, 0.3) is 0 Å². The van der Waals surface area contributed by atoms with Crippen molar-refractivity contribution >= 4 is 24.1 Å². The molecule has 0 fully saturated rings. The highest BCUT2D eigenvalue weighted by Crippen LogP contribution is 2.07. The smallest absolute Gasteiger partial charge is 0.179 e. The van der Waals surface area contributed by atoms with Gasteiger partial charge in [-0.05, 0) is 12.2 Å². The molecule has 0 aromatic carbocycles.